The normalized spacial score (nSPS) is 11.1. The summed E-state index contributed by atoms with van der Waals surface area (Å²) in [6.45, 7) is 8.96. The molecule has 6 heteroatoms. The van der Waals surface area contributed by atoms with Crippen molar-refractivity contribution in [2.75, 3.05) is 38.8 Å². The summed E-state index contributed by atoms with van der Waals surface area (Å²) in [5, 5.41) is 3.26. The summed E-state index contributed by atoms with van der Waals surface area (Å²) in [5.41, 5.74) is 1.03. The summed E-state index contributed by atoms with van der Waals surface area (Å²) in [5.74, 6) is 2.02. The highest BCUT2D eigenvalue weighted by Crippen LogP contribution is 2.28. The van der Waals surface area contributed by atoms with E-state index in [0.717, 1.165) is 28.4 Å². The molecule has 0 fully saturated rings. The fourth-order valence-corrected chi connectivity index (χ4v) is 2.47. The van der Waals surface area contributed by atoms with Gasteiger partial charge in [-0.05, 0) is 28.8 Å². The Morgan fingerprint density at radius 2 is 1.95 bits per heavy atom. The molecule has 5 nitrogen and oxygen atoms in total. The lowest BCUT2D eigenvalue weighted by atomic mass is 10.1. The predicted octanol–water partition coefficient (Wildman–Crippen LogP) is 3.00. The molecule has 1 aromatic rings. The number of methoxy groups -OCH3 is 1. The molecule has 1 aromatic heterocycles. The molecule has 0 radical (unpaired) electrons. The maximum atomic E-state index is 5.47. The first-order chi connectivity index (χ1) is 9.60. The van der Waals surface area contributed by atoms with E-state index in [1.807, 2.05) is 0 Å². The standard InChI is InChI=1S/C14H24BrN3O2/c1-5-16-14-12(15)13(10(2)3)17-11(18-14)6-7-20-9-8-19-4/h10H,5-9H2,1-4H3,(H,16,17,18). The van der Waals surface area contributed by atoms with Crippen LogP contribution in [0.25, 0.3) is 0 Å². The molecule has 1 rings (SSSR count). The molecular formula is C14H24BrN3O2. The van der Waals surface area contributed by atoms with Crippen molar-refractivity contribution < 1.29 is 9.47 Å². The highest BCUT2D eigenvalue weighted by molar-refractivity contribution is 9.10. The van der Waals surface area contributed by atoms with Crippen molar-refractivity contribution in [1.29, 1.82) is 0 Å². The second kappa shape index (κ2) is 9.26. The monoisotopic (exact) mass is 345 g/mol. The van der Waals surface area contributed by atoms with E-state index in [4.69, 9.17) is 9.47 Å². The molecule has 0 spiro atoms. The fourth-order valence-electron chi connectivity index (χ4n) is 1.70. The molecule has 20 heavy (non-hydrogen) atoms. The van der Waals surface area contributed by atoms with Crippen molar-refractivity contribution in [3.8, 4) is 0 Å². The van der Waals surface area contributed by atoms with Crippen LogP contribution in [0.4, 0.5) is 5.82 Å². The second-order valence-corrected chi connectivity index (χ2v) is 5.52. The molecule has 1 N–H and O–H groups in total. The fraction of sp³-hybridized carbons (Fsp3) is 0.714. The molecule has 0 aliphatic heterocycles. The molecule has 0 unspecified atom stereocenters. The van der Waals surface area contributed by atoms with Gasteiger partial charge in [-0.3, -0.25) is 0 Å². The summed E-state index contributed by atoms with van der Waals surface area (Å²) < 4.78 is 11.4. The maximum absolute atomic E-state index is 5.47. The molecule has 0 bridgehead atoms. The molecule has 0 aliphatic rings. The number of aromatic nitrogens is 2. The van der Waals surface area contributed by atoms with E-state index in [1.165, 1.54) is 0 Å². The van der Waals surface area contributed by atoms with Crippen molar-refractivity contribution in [3.05, 3.63) is 16.0 Å². The number of nitrogens with one attached hydrogen (secondary N) is 1. The molecule has 1 heterocycles. The Bertz CT molecular complexity index is 414. The number of anilines is 1. The summed E-state index contributed by atoms with van der Waals surface area (Å²) in [6.07, 6.45) is 0.703. The van der Waals surface area contributed by atoms with Crippen molar-refractivity contribution in [2.45, 2.75) is 33.1 Å². The van der Waals surface area contributed by atoms with E-state index < -0.39 is 0 Å². The van der Waals surface area contributed by atoms with Crippen molar-refractivity contribution >= 4 is 21.7 Å². The van der Waals surface area contributed by atoms with Crippen LogP contribution >= 0.6 is 15.9 Å². The molecule has 114 valence electrons. The summed E-state index contributed by atoms with van der Waals surface area (Å²) in [6, 6.07) is 0. The third kappa shape index (κ3) is 5.34. The van der Waals surface area contributed by atoms with E-state index in [1.54, 1.807) is 7.11 Å². The Kier molecular flexibility index (Phi) is 8.02. The Morgan fingerprint density at radius 3 is 2.55 bits per heavy atom. The number of nitrogens with zero attached hydrogens (tertiary/aromatic N) is 2. The van der Waals surface area contributed by atoms with Gasteiger partial charge in [0.05, 0.1) is 30.0 Å². The molecular weight excluding hydrogens is 322 g/mol. The van der Waals surface area contributed by atoms with Crippen molar-refractivity contribution in [2.24, 2.45) is 0 Å². The highest BCUT2D eigenvalue weighted by atomic mass is 79.9. The molecule has 0 saturated carbocycles. The van der Waals surface area contributed by atoms with Crippen molar-refractivity contribution in [1.82, 2.24) is 9.97 Å². The van der Waals surface area contributed by atoms with E-state index in [0.29, 0.717) is 32.2 Å². The number of rotatable bonds is 9. The van der Waals surface area contributed by atoms with Gasteiger partial charge >= 0.3 is 0 Å². The van der Waals surface area contributed by atoms with Crippen LogP contribution in [0.5, 0.6) is 0 Å². The van der Waals surface area contributed by atoms with E-state index in [-0.39, 0.29) is 0 Å². The summed E-state index contributed by atoms with van der Waals surface area (Å²) in [7, 11) is 1.67. The lowest BCUT2D eigenvalue weighted by molar-refractivity contribution is 0.0716. The van der Waals surface area contributed by atoms with Gasteiger partial charge in [-0.15, -0.1) is 0 Å². The largest absolute Gasteiger partial charge is 0.382 e. The van der Waals surface area contributed by atoms with Gasteiger partial charge in [0.2, 0.25) is 0 Å². The molecule has 0 saturated heterocycles. The van der Waals surface area contributed by atoms with Crippen LogP contribution in [-0.4, -0.2) is 43.4 Å². The van der Waals surface area contributed by atoms with Crippen LogP contribution in [0.15, 0.2) is 4.47 Å². The van der Waals surface area contributed by atoms with E-state index >= 15 is 0 Å². The van der Waals surface area contributed by atoms with Gasteiger partial charge in [0.25, 0.3) is 0 Å². The smallest absolute Gasteiger partial charge is 0.144 e. The van der Waals surface area contributed by atoms with Gasteiger partial charge < -0.3 is 14.8 Å². The Labute approximate surface area is 129 Å². The lowest BCUT2D eigenvalue weighted by Crippen LogP contribution is -2.12. The van der Waals surface area contributed by atoms with Gasteiger partial charge in [-0.2, -0.15) is 0 Å². The lowest BCUT2D eigenvalue weighted by Gasteiger charge is -2.14. The van der Waals surface area contributed by atoms with Crippen LogP contribution < -0.4 is 5.32 Å². The Morgan fingerprint density at radius 1 is 1.20 bits per heavy atom. The first-order valence-corrected chi connectivity index (χ1v) is 7.76. The minimum Gasteiger partial charge on any atom is -0.382 e. The molecule has 0 amide bonds. The van der Waals surface area contributed by atoms with Gasteiger partial charge in [-0.25, -0.2) is 9.97 Å². The average Bonchev–Trinajstić information content (AvgIpc) is 2.41. The highest BCUT2D eigenvalue weighted by Gasteiger charge is 2.14. The van der Waals surface area contributed by atoms with Gasteiger partial charge in [-0.1, -0.05) is 13.8 Å². The average molecular weight is 346 g/mol. The molecule has 0 atom stereocenters. The number of halogens is 1. The van der Waals surface area contributed by atoms with Crippen LogP contribution in [0.2, 0.25) is 0 Å². The summed E-state index contributed by atoms with van der Waals surface area (Å²) in [4.78, 5) is 9.17. The van der Waals surface area contributed by atoms with Crippen LogP contribution in [0.3, 0.4) is 0 Å². The van der Waals surface area contributed by atoms with Crippen LogP contribution in [0, 0.1) is 0 Å². The second-order valence-electron chi connectivity index (χ2n) is 4.73. The van der Waals surface area contributed by atoms with E-state index in [2.05, 4.69) is 52.0 Å². The van der Waals surface area contributed by atoms with Crippen molar-refractivity contribution in [3.63, 3.8) is 0 Å². The zero-order valence-corrected chi connectivity index (χ0v) is 14.3. The first-order valence-electron chi connectivity index (χ1n) is 6.97. The number of ether oxygens (including phenoxy) is 2. The zero-order valence-electron chi connectivity index (χ0n) is 12.7. The number of hydrogen-bond donors (Lipinski definition) is 1. The van der Waals surface area contributed by atoms with Gasteiger partial charge in [0, 0.05) is 20.1 Å². The van der Waals surface area contributed by atoms with Gasteiger partial charge in [0.1, 0.15) is 11.6 Å². The SMILES string of the molecule is CCNc1nc(CCOCCOC)nc(C(C)C)c1Br. The van der Waals surface area contributed by atoms with Gasteiger partial charge in [0.15, 0.2) is 0 Å². The molecule has 0 aromatic carbocycles. The first kappa shape index (κ1) is 17.3. The van der Waals surface area contributed by atoms with Crippen LogP contribution in [-0.2, 0) is 15.9 Å². The minimum absolute atomic E-state index is 0.345. The van der Waals surface area contributed by atoms with E-state index in [9.17, 15) is 0 Å². The minimum atomic E-state index is 0.345. The summed E-state index contributed by atoms with van der Waals surface area (Å²) >= 11 is 3.58. The quantitative estimate of drug-likeness (QED) is 0.697. The zero-order chi connectivity index (χ0) is 15.0. The Hall–Kier alpha value is -0.720. The Balaban J connectivity index is 2.74. The topological polar surface area (TPSA) is 56.3 Å². The molecule has 0 aliphatic carbocycles. The third-order valence-electron chi connectivity index (χ3n) is 2.72. The number of hydrogen-bond acceptors (Lipinski definition) is 5. The maximum Gasteiger partial charge on any atom is 0.144 e. The third-order valence-corrected chi connectivity index (χ3v) is 3.50. The predicted molar refractivity (Wildman–Crippen MR) is 84.4 cm³/mol. The van der Waals surface area contributed by atoms with Crippen LogP contribution in [0.1, 0.15) is 38.2 Å².